The second-order valence-electron chi connectivity index (χ2n) is 9.13. The van der Waals surface area contributed by atoms with E-state index in [4.69, 9.17) is 0 Å². The zero-order valence-electron chi connectivity index (χ0n) is 21.0. The van der Waals surface area contributed by atoms with Crippen LogP contribution in [-0.2, 0) is 19.3 Å². The molecule has 0 aromatic heterocycles. The van der Waals surface area contributed by atoms with Crippen molar-refractivity contribution < 1.29 is 0 Å². The molecule has 0 aliphatic carbocycles. The summed E-state index contributed by atoms with van der Waals surface area (Å²) in [7, 11) is 0. The average Bonchev–Trinajstić information content (AvgIpc) is 2.89. The van der Waals surface area contributed by atoms with E-state index in [1.165, 1.54) is 46.7 Å². The van der Waals surface area contributed by atoms with Crippen molar-refractivity contribution in [2.75, 3.05) is 0 Å². The number of benzene rings is 4. The number of aryl methyl sites for hydroxylation is 1. The molecule has 0 radical (unpaired) electrons. The van der Waals surface area contributed by atoms with Crippen LogP contribution in [0.4, 0.5) is 22.7 Å². The van der Waals surface area contributed by atoms with Gasteiger partial charge in [0, 0.05) is 48.0 Å². The molecule has 1 nitrogen and oxygen atoms in total. The van der Waals surface area contributed by atoms with Gasteiger partial charge >= 0.3 is 0 Å². The molecule has 0 aliphatic rings. The van der Waals surface area contributed by atoms with E-state index in [-0.39, 0.29) is 0 Å². The van der Waals surface area contributed by atoms with Gasteiger partial charge in [0.1, 0.15) is 17.1 Å². The van der Waals surface area contributed by atoms with Crippen LogP contribution in [-0.4, -0.2) is 0 Å². The summed E-state index contributed by atoms with van der Waals surface area (Å²) >= 11 is 0. The highest BCUT2D eigenvalue weighted by molar-refractivity contribution is 5.83. The first-order valence-corrected chi connectivity index (χ1v) is 13.0. The van der Waals surface area contributed by atoms with E-state index in [1.54, 1.807) is 5.56 Å². The van der Waals surface area contributed by atoms with E-state index in [0.29, 0.717) is 4.48 Å². The van der Waals surface area contributed by atoms with E-state index < -0.39 is 0 Å². The molecule has 0 saturated carbocycles. The van der Waals surface area contributed by atoms with Crippen molar-refractivity contribution in [1.29, 1.82) is 0 Å². The van der Waals surface area contributed by atoms with Crippen molar-refractivity contribution in [3.63, 3.8) is 0 Å². The Bertz CT molecular complexity index is 1070. The summed E-state index contributed by atoms with van der Waals surface area (Å²) in [4.78, 5) is 0. The zero-order chi connectivity index (χ0) is 23.8. The number of nitrogens with zero attached hydrogens (tertiary/aromatic N) is 1. The normalized spacial score (nSPS) is 11.5. The minimum atomic E-state index is 0.598. The number of hydrogen-bond acceptors (Lipinski definition) is 0. The van der Waals surface area contributed by atoms with Gasteiger partial charge in [-0.25, -0.2) is 0 Å². The zero-order valence-corrected chi connectivity index (χ0v) is 21.0. The summed E-state index contributed by atoms with van der Waals surface area (Å²) in [5, 5.41) is 0. The lowest BCUT2D eigenvalue weighted by Crippen LogP contribution is -2.34. The molecule has 4 rings (SSSR count). The monoisotopic (exact) mass is 448 g/mol. The predicted molar refractivity (Wildman–Crippen MR) is 149 cm³/mol. The van der Waals surface area contributed by atoms with Crippen LogP contribution in [0.15, 0.2) is 103 Å². The van der Waals surface area contributed by atoms with Crippen molar-refractivity contribution in [3.05, 3.63) is 120 Å². The molecule has 0 bridgehead atoms. The van der Waals surface area contributed by atoms with Crippen LogP contribution in [0.3, 0.4) is 0 Å². The van der Waals surface area contributed by atoms with E-state index in [1.807, 2.05) is 0 Å². The molecular weight excluding hydrogens is 410 g/mol. The fraction of sp³-hybridized carbons (Fsp3) is 0.273. The first-order valence-electron chi connectivity index (χ1n) is 13.0. The van der Waals surface area contributed by atoms with Gasteiger partial charge in [0.25, 0.3) is 0 Å². The molecule has 0 unspecified atom stereocenters. The van der Waals surface area contributed by atoms with Crippen molar-refractivity contribution in [2.45, 2.75) is 59.3 Å². The van der Waals surface area contributed by atoms with Crippen LogP contribution in [0.25, 0.3) is 0 Å². The minimum absolute atomic E-state index is 0.598. The fourth-order valence-corrected chi connectivity index (χ4v) is 5.46. The van der Waals surface area contributed by atoms with Crippen molar-refractivity contribution in [1.82, 2.24) is 4.48 Å². The van der Waals surface area contributed by atoms with Crippen molar-refractivity contribution in [3.8, 4) is 0 Å². The van der Waals surface area contributed by atoms with Crippen LogP contribution in [0.2, 0.25) is 0 Å². The average molecular weight is 449 g/mol. The molecule has 4 aromatic rings. The standard InChI is InChI=1S/C33H38N/c1-4-16-27-25-26-33(32(18-6-3)31(27)17-5-2)34(28-19-10-7-11-20-28,29-21-12-8-13-22-29)30-23-14-9-15-24-30/h7-15,19-26H,4-6,16-18H2,1-3H3/q+1. The maximum absolute atomic E-state index is 2.43. The third-order valence-corrected chi connectivity index (χ3v) is 6.81. The van der Waals surface area contributed by atoms with Crippen LogP contribution >= 0.6 is 0 Å². The Balaban J connectivity index is 2.17. The summed E-state index contributed by atoms with van der Waals surface area (Å²) in [6, 6.07) is 38.0. The van der Waals surface area contributed by atoms with Crippen LogP contribution in [0.5, 0.6) is 0 Å². The van der Waals surface area contributed by atoms with E-state index in [9.17, 15) is 0 Å². The molecule has 0 N–H and O–H groups in total. The first-order chi connectivity index (χ1) is 16.8. The van der Waals surface area contributed by atoms with Crippen molar-refractivity contribution >= 4 is 22.7 Å². The molecule has 0 spiro atoms. The van der Waals surface area contributed by atoms with E-state index in [0.717, 1.165) is 25.7 Å². The summed E-state index contributed by atoms with van der Waals surface area (Å²) in [6.45, 7) is 6.92. The number of para-hydroxylation sites is 3. The Labute approximate surface area is 206 Å². The summed E-state index contributed by atoms with van der Waals surface area (Å²) in [5.41, 5.74) is 9.83. The first kappa shape index (κ1) is 24.0. The maximum Gasteiger partial charge on any atom is 0.151 e. The molecule has 34 heavy (non-hydrogen) atoms. The number of hydrogen-bond donors (Lipinski definition) is 0. The summed E-state index contributed by atoms with van der Waals surface area (Å²) in [6.07, 6.45) is 6.86. The predicted octanol–water partition coefficient (Wildman–Crippen LogP) is 9.85. The molecular formula is C33H38N+. The third-order valence-electron chi connectivity index (χ3n) is 6.81. The highest BCUT2D eigenvalue weighted by atomic mass is 15.4. The van der Waals surface area contributed by atoms with Crippen LogP contribution in [0.1, 0.15) is 56.7 Å². The maximum atomic E-state index is 2.43. The van der Waals surface area contributed by atoms with Gasteiger partial charge in [-0.1, -0.05) is 101 Å². The molecule has 4 aromatic carbocycles. The smallest absolute Gasteiger partial charge is 0.151 e. The second kappa shape index (κ2) is 11.3. The Morgan fingerprint density at radius 3 is 1.26 bits per heavy atom. The van der Waals surface area contributed by atoms with Gasteiger partial charge in [-0.2, -0.15) is 4.48 Å². The third kappa shape index (κ3) is 4.45. The Morgan fingerprint density at radius 2 is 0.853 bits per heavy atom. The van der Waals surface area contributed by atoms with Gasteiger partial charge in [-0.05, 0) is 30.4 Å². The van der Waals surface area contributed by atoms with E-state index >= 15 is 0 Å². The van der Waals surface area contributed by atoms with Crippen molar-refractivity contribution in [2.24, 2.45) is 0 Å². The van der Waals surface area contributed by atoms with Gasteiger partial charge in [-0.3, -0.25) is 0 Å². The van der Waals surface area contributed by atoms with Gasteiger partial charge in [0.05, 0.1) is 0 Å². The molecule has 0 saturated heterocycles. The Hall–Kier alpha value is -3.16. The Morgan fingerprint density at radius 1 is 0.441 bits per heavy atom. The lowest BCUT2D eigenvalue weighted by molar-refractivity contribution is 0.684. The Kier molecular flexibility index (Phi) is 7.98. The second-order valence-corrected chi connectivity index (χ2v) is 9.13. The van der Waals surface area contributed by atoms with Crippen LogP contribution < -0.4 is 4.48 Å². The van der Waals surface area contributed by atoms with Gasteiger partial charge in [-0.15, -0.1) is 0 Å². The number of rotatable bonds is 10. The minimum Gasteiger partial charge on any atom is -0.194 e. The van der Waals surface area contributed by atoms with E-state index in [2.05, 4.69) is 124 Å². The molecule has 0 amide bonds. The highest BCUT2D eigenvalue weighted by Gasteiger charge is 2.41. The largest absolute Gasteiger partial charge is 0.194 e. The molecule has 0 aliphatic heterocycles. The van der Waals surface area contributed by atoms with Gasteiger partial charge in [0.2, 0.25) is 0 Å². The van der Waals surface area contributed by atoms with Gasteiger partial charge < -0.3 is 0 Å². The number of quaternary nitrogens is 1. The summed E-state index contributed by atoms with van der Waals surface area (Å²) in [5.74, 6) is 0. The SMILES string of the molecule is CCCc1ccc([N+](c2ccccc2)(c2ccccc2)c2ccccc2)c(CCC)c1CCC. The van der Waals surface area contributed by atoms with Gasteiger partial charge in [0.15, 0.2) is 5.69 Å². The molecule has 0 heterocycles. The highest BCUT2D eigenvalue weighted by Crippen LogP contribution is 2.53. The molecule has 0 fully saturated rings. The summed E-state index contributed by atoms with van der Waals surface area (Å²) < 4.78 is 0.598. The topological polar surface area (TPSA) is 0 Å². The molecule has 0 atom stereocenters. The molecule has 1 heteroatoms. The quantitative estimate of drug-likeness (QED) is 0.212. The fourth-order valence-electron chi connectivity index (χ4n) is 5.46. The lowest BCUT2D eigenvalue weighted by atomic mass is 9.89. The van der Waals surface area contributed by atoms with Crippen LogP contribution in [0, 0.1) is 0 Å². The molecule has 174 valence electrons. The lowest BCUT2D eigenvalue weighted by Gasteiger charge is -2.39.